The molecule has 0 N–H and O–H groups in total. The molecule has 0 aromatic heterocycles. The van der Waals surface area contributed by atoms with Crippen LogP contribution in [0.15, 0.2) is 24.3 Å². The Bertz CT molecular complexity index is 281. The van der Waals surface area contributed by atoms with E-state index in [1.807, 2.05) is 0 Å². The number of benzene rings is 1. The minimum absolute atomic E-state index is 0.0713. The van der Waals surface area contributed by atoms with Gasteiger partial charge in [-0.3, -0.25) is 10.1 Å². The van der Waals surface area contributed by atoms with E-state index >= 15 is 0 Å². The van der Waals surface area contributed by atoms with Crippen molar-refractivity contribution in [3.05, 3.63) is 41.3 Å². The normalized spacial score (nSPS) is 9.62. The number of nitro benzene ring substituents is 1. The fourth-order valence-electron chi connectivity index (χ4n) is 0.854. The highest BCUT2D eigenvalue weighted by Gasteiger charge is 2.03. The summed E-state index contributed by atoms with van der Waals surface area (Å²) >= 11 is 0. The Morgan fingerprint density at radius 3 is 2.46 bits per heavy atom. The molecule has 0 aliphatic heterocycles. The number of hydrogen-bond acceptors (Lipinski definition) is 3. The van der Waals surface area contributed by atoms with Crippen LogP contribution in [0.2, 0.25) is 0 Å². The molecule has 1 aromatic rings. The zero-order valence-corrected chi connectivity index (χ0v) is 7.10. The Hall–Kier alpha value is -1.58. The number of nitro groups is 1. The molecule has 0 bridgehead atoms. The second kappa shape index (κ2) is 4.45. The minimum atomic E-state index is -0.439. The summed E-state index contributed by atoms with van der Waals surface area (Å²) in [6.07, 6.45) is 0.678. The van der Waals surface area contributed by atoms with Crippen molar-refractivity contribution in [2.75, 3.05) is 6.61 Å². The van der Waals surface area contributed by atoms with Crippen molar-refractivity contribution in [2.24, 2.45) is 0 Å². The van der Waals surface area contributed by atoms with Crippen LogP contribution in [0.25, 0.3) is 0 Å². The molecule has 0 amide bonds. The van der Waals surface area contributed by atoms with Crippen molar-refractivity contribution < 1.29 is 9.66 Å². The molecule has 13 heavy (non-hydrogen) atoms. The first-order valence-electron chi connectivity index (χ1n) is 3.90. The van der Waals surface area contributed by atoms with E-state index in [1.54, 1.807) is 12.1 Å². The number of ether oxygens (including phenoxy) is 1. The van der Waals surface area contributed by atoms with E-state index in [2.05, 4.69) is 6.92 Å². The van der Waals surface area contributed by atoms with Crippen molar-refractivity contribution in [2.45, 2.75) is 6.42 Å². The van der Waals surface area contributed by atoms with Crippen molar-refractivity contribution in [3.63, 3.8) is 0 Å². The second-order valence-electron chi connectivity index (χ2n) is 2.45. The van der Waals surface area contributed by atoms with Crippen molar-refractivity contribution in [1.82, 2.24) is 0 Å². The lowest BCUT2D eigenvalue weighted by Crippen LogP contribution is -1.95. The van der Waals surface area contributed by atoms with Gasteiger partial charge in [-0.1, -0.05) is 0 Å². The van der Waals surface area contributed by atoms with Gasteiger partial charge in [-0.25, -0.2) is 0 Å². The van der Waals surface area contributed by atoms with E-state index in [9.17, 15) is 10.1 Å². The van der Waals surface area contributed by atoms with Crippen molar-refractivity contribution in [3.8, 4) is 5.75 Å². The largest absolute Gasteiger partial charge is 0.494 e. The van der Waals surface area contributed by atoms with Gasteiger partial charge in [0.05, 0.1) is 11.5 Å². The predicted molar refractivity (Wildman–Crippen MR) is 48.6 cm³/mol. The van der Waals surface area contributed by atoms with Gasteiger partial charge in [0, 0.05) is 12.1 Å². The van der Waals surface area contributed by atoms with Gasteiger partial charge in [0.25, 0.3) is 5.69 Å². The fraction of sp³-hybridized carbons (Fsp3) is 0.222. The third kappa shape index (κ3) is 2.74. The minimum Gasteiger partial charge on any atom is -0.494 e. The van der Waals surface area contributed by atoms with Gasteiger partial charge in [0.2, 0.25) is 0 Å². The first kappa shape index (κ1) is 9.51. The van der Waals surface area contributed by atoms with E-state index < -0.39 is 4.92 Å². The molecule has 0 heterocycles. The van der Waals surface area contributed by atoms with E-state index in [0.29, 0.717) is 18.8 Å². The lowest BCUT2D eigenvalue weighted by molar-refractivity contribution is -0.384. The zero-order valence-electron chi connectivity index (χ0n) is 7.10. The molecule has 4 nitrogen and oxygen atoms in total. The van der Waals surface area contributed by atoms with Crippen LogP contribution in [0, 0.1) is 17.0 Å². The third-order valence-electron chi connectivity index (χ3n) is 1.46. The van der Waals surface area contributed by atoms with Crippen LogP contribution in [-0.4, -0.2) is 11.5 Å². The molecule has 0 aliphatic rings. The molecule has 1 rings (SSSR count). The maximum Gasteiger partial charge on any atom is 0.269 e. The van der Waals surface area contributed by atoms with Crippen LogP contribution in [0.5, 0.6) is 5.75 Å². The molecule has 0 atom stereocenters. The summed E-state index contributed by atoms with van der Waals surface area (Å²) in [5.41, 5.74) is 0.0713. The summed E-state index contributed by atoms with van der Waals surface area (Å²) in [4.78, 5) is 9.84. The van der Waals surface area contributed by atoms with Crippen molar-refractivity contribution >= 4 is 5.69 Å². The van der Waals surface area contributed by atoms with Crippen LogP contribution in [-0.2, 0) is 0 Å². The Kier molecular flexibility index (Phi) is 3.25. The monoisotopic (exact) mass is 180 g/mol. The van der Waals surface area contributed by atoms with Gasteiger partial charge in [-0.15, -0.1) is 0 Å². The Morgan fingerprint density at radius 2 is 2.00 bits per heavy atom. The Morgan fingerprint density at radius 1 is 1.38 bits per heavy atom. The lowest BCUT2D eigenvalue weighted by Gasteiger charge is -2.02. The van der Waals surface area contributed by atoms with E-state index in [4.69, 9.17) is 4.74 Å². The summed E-state index contributed by atoms with van der Waals surface area (Å²) in [5.74, 6) is 0.634. The number of hydrogen-bond donors (Lipinski definition) is 0. The smallest absolute Gasteiger partial charge is 0.269 e. The molecule has 4 heteroatoms. The Labute approximate surface area is 76.3 Å². The topological polar surface area (TPSA) is 52.4 Å². The Balaban J connectivity index is 2.64. The van der Waals surface area contributed by atoms with Gasteiger partial charge in [0.1, 0.15) is 5.75 Å². The average molecular weight is 180 g/mol. The van der Waals surface area contributed by atoms with Crippen LogP contribution < -0.4 is 4.74 Å². The standard InChI is InChI=1S/C9H10NO3/c1-2-7-13-9-5-3-8(4-6-9)10(11)12/h3-6H,1-2,7H2. The summed E-state index contributed by atoms with van der Waals surface area (Å²) in [7, 11) is 0. The molecule has 0 fully saturated rings. The molecule has 0 unspecified atom stereocenters. The van der Waals surface area contributed by atoms with Gasteiger partial charge in [0.15, 0.2) is 0 Å². The van der Waals surface area contributed by atoms with E-state index in [0.717, 1.165) is 0 Å². The molecule has 0 spiro atoms. The summed E-state index contributed by atoms with van der Waals surface area (Å²) in [6, 6.07) is 5.98. The molecule has 1 radical (unpaired) electrons. The number of rotatable bonds is 4. The molecule has 1 aromatic carbocycles. The van der Waals surface area contributed by atoms with Gasteiger partial charge in [-0.2, -0.15) is 0 Å². The molecular formula is C9H10NO3. The second-order valence-corrected chi connectivity index (χ2v) is 2.45. The average Bonchev–Trinajstić information content (AvgIpc) is 2.15. The molecule has 0 saturated heterocycles. The van der Waals surface area contributed by atoms with Crippen LogP contribution in [0.3, 0.4) is 0 Å². The van der Waals surface area contributed by atoms with Crippen molar-refractivity contribution in [1.29, 1.82) is 0 Å². The molecule has 69 valence electrons. The molecule has 0 aliphatic carbocycles. The lowest BCUT2D eigenvalue weighted by atomic mass is 10.3. The summed E-state index contributed by atoms with van der Waals surface area (Å²) in [6.45, 7) is 4.14. The van der Waals surface area contributed by atoms with Crippen LogP contribution in [0.1, 0.15) is 6.42 Å². The molecular weight excluding hydrogens is 170 g/mol. The van der Waals surface area contributed by atoms with Crippen LogP contribution >= 0.6 is 0 Å². The SMILES string of the molecule is [CH2]CCOc1ccc([N+](=O)[O-])cc1. The maximum absolute atomic E-state index is 10.3. The zero-order chi connectivity index (χ0) is 9.68. The highest BCUT2D eigenvalue weighted by Crippen LogP contribution is 2.17. The highest BCUT2D eigenvalue weighted by molar-refractivity contribution is 5.35. The van der Waals surface area contributed by atoms with E-state index in [1.165, 1.54) is 12.1 Å². The van der Waals surface area contributed by atoms with E-state index in [-0.39, 0.29) is 5.69 Å². The third-order valence-corrected chi connectivity index (χ3v) is 1.46. The number of nitrogens with zero attached hydrogens (tertiary/aromatic N) is 1. The number of non-ortho nitro benzene ring substituents is 1. The van der Waals surface area contributed by atoms with Gasteiger partial charge in [-0.05, 0) is 25.5 Å². The summed E-state index contributed by atoms with van der Waals surface area (Å²) in [5, 5.41) is 10.3. The highest BCUT2D eigenvalue weighted by atomic mass is 16.6. The van der Waals surface area contributed by atoms with Crippen LogP contribution in [0.4, 0.5) is 5.69 Å². The van der Waals surface area contributed by atoms with Gasteiger partial charge < -0.3 is 4.74 Å². The summed E-state index contributed by atoms with van der Waals surface area (Å²) < 4.78 is 5.20. The quantitative estimate of drug-likeness (QED) is 0.527. The molecule has 0 saturated carbocycles. The first-order chi connectivity index (χ1) is 6.24. The first-order valence-corrected chi connectivity index (χ1v) is 3.90. The van der Waals surface area contributed by atoms with Gasteiger partial charge >= 0.3 is 0 Å². The predicted octanol–water partition coefficient (Wildman–Crippen LogP) is 2.20. The maximum atomic E-state index is 10.3. The fourth-order valence-corrected chi connectivity index (χ4v) is 0.854.